The maximum atomic E-state index is 12.7. The Bertz CT molecular complexity index is 440. The van der Waals surface area contributed by atoms with Gasteiger partial charge in [0.25, 0.3) is 9.05 Å². The van der Waals surface area contributed by atoms with Gasteiger partial charge < -0.3 is 0 Å². The Morgan fingerprint density at radius 1 is 1.43 bits per heavy atom. The van der Waals surface area contributed by atoms with Gasteiger partial charge in [0.05, 0.1) is 0 Å². The minimum absolute atomic E-state index is 0.337. The molecule has 0 aromatic heterocycles. The fraction of sp³-hybridized carbons (Fsp3) is 0.111. The fourth-order valence-electron chi connectivity index (χ4n) is 0.963. The molecule has 0 bridgehead atoms. The van der Waals surface area contributed by atoms with Crippen LogP contribution >= 0.6 is 10.7 Å². The van der Waals surface area contributed by atoms with E-state index in [9.17, 15) is 12.8 Å². The molecule has 76 valence electrons. The topological polar surface area (TPSA) is 34.1 Å². The second kappa shape index (κ2) is 4.57. The maximum Gasteiger partial charge on any atom is 0.254 e. The molecule has 1 aromatic carbocycles. The molecule has 0 radical (unpaired) electrons. The van der Waals surface area contributed by atoms with Gasteiger partial charge in [-0.3, -0.25) is 0 Å². The molecule has 0 N–H and O–H groups in total. The normalized spacial score (nSPS) is 12.1. The van der Waals surface area contributed by atoms with Crippen LogP contribution in [0.2, 0.25) is 0 Å². The van der Waals surface area contributed by atoms with E-state index in [2.05, 4.69) is 0 Å². The van der Waals surface area contributed by atoms with E-state index in [1.165, 1.54) is 18.2 Å². The maximum absolute atomic E-state index is 12.7. The fourth-order valence-corrected chi connectivity index (χ4v) is 1.51. The van der Waals surface area contributed by atoms with Crippen molar-refractivity contribution in [2.45, 2.75) is 6.42 Å². The van der Waals surface area contributed by atoms with Crippen molar-refractivity contribution in [2.75, 3.05) is 0 Å². The van der Waals surface area contributed by atoms with Gasteiger partial charge >= 0.3 is 0 Å². The van der Waals surface area contributed by atoms with Gasteiger partial charge in [0.15, 0.2) is 0 Å². The molecule has 0 aliphatic heterocycles. The highest BCUT2D eigenvalue weighted by Gasteiger charge is 1.96. The summed E-state index contributed by atoms with van der Waals surface area (Å²) in [5.74, 6) is -0.343. The molecule has 0 fully saturated rings. The van der Waals surface area contributed by atoms with E-state index in [1.807, 2.05) is 0 Å². The lowest BCUT2D eigenvalue weighted by Gasteiger charge is -1.94. The van der Waals surface area contributed by atoms with E-state index >= 15 is 0 Å². The molecule has 5 heteroatoms. The summed E-state index contributed by atoms with van der Waals surface area (Å²) in [6.07, 6.45) is 1.71. The number of hydrogen-bond acceptors (Lipinski definition) is 2. The summed E-state index contributed by atoms with van der Waals surface area (Å²) in [4.78, 5) is 0. The molecule has 0 heterocycles. The molecule has 2 nitrogen and oxygen atoms in total. The number of hydrogen-bond donors (Lipinski definition) is 0. The molecule has 0 unspecified atom stereocenters. The second-order valence-corrected chi connectivity index (χ2v) is 5.20. The molecule has 0 saturated heterocycles. The van der Waals surface area contributed by atoms with E-state index in [1.54, 1.807) is 12.1 Å². The lowest BCUT2D eigenvalue weighted by molar-refractivity contribution is 0.617. The first-order chi connectivity index (χ1) is 6.47. The lowest BCUT2D eigenvalue weighted by atomic mass is 10.1. The van der Waals surface area contributed by atoms with Crippen molar-refractivity contribution in [3.8, 4) is 0 Å². The van der Waals surface area contributed by atoms with Crippen LogP contribution < -0.4 is 0 Å². The molecule has 0 amide bonds. The van der Waals surface area contributed by atoms with Crippen LogP contribution in [0.15, 0.2) is 35.7 Å². The van der Waals surface area contributed by atoms with Gasteiger partial charge in [-0.15, -0.1) is 0 Å². The van der Waals surface area contributed by atoms with Crippen LogP contribution in [0.5, 0.6) is 0 Å². The van der Waals surface area contributed by atoms with Crippen molar-refractivity contribution in [3.63, 3.8) is 0 Å². The van der Waals surface area contributed by atoms with Crippen molar-refractivity contribution >= 4 is 19.7 Å². The molecule has 14 heavy (non-hydrogen) atoms. The average molecular weight is 235 g/mol. The first-order valence-electron chi connectivity index (χ1n) is 3.83. The second-order valence-electron chi connectivity index (χ2n) is 2.68. The quantitative estimate of drug-likeness (QED) is 0.753. The Hall–Kier alpha value is -0.870. The van der Waals surface area contributed by atoms with Gasteiger partial charge in [0.2, 0.25) is 0 Å². The molecule has 0 atom stereocenters. The summed E-state index contributed by atoms with van der Waals surface area (Å²) in [6, 6.07) is 5.93. The number of benzene rings is 1. The number of rotatable bonds is 3. The first-order valence-corrected chi connectivity index (χ1v) is 6.20. The van der Waals surface area contributed by atoms with Crippen molar-refractivity contribution in [1.29, 1.82) is 0 Å². The van der Waals surface area contributed by atoms with E-state index in [4.69, 9.17) is 10.7 Å². The first kappa shape index (κ1) is 11.2. The Morgan fingerprint density at radius 2 is 2.14 bits per heavy atom. The number of allylic oxidation sites excluding steroid dienone is 1. The van der Waals surface area contributed by atoms with Gasteiger partial charge in [-0.1, -0.05) is 18.2 Å². The van der Waals surface area contributed by atoms with Crippen LogP contribution in [0.4, 0.5) is 4.39 Å². The molecule has 0 spiro atoms. The van der Waals surface area contributed by atoms with Crippen LogP contribution in [0.25, 0.3) is 0 Å². The molecular formula is C9H8ClFO2S. The zero-order chi connectivity index (χ0) is 10.6. The van der Waals surface area contributed by atoms with Gasteiger partial charge in [0, 0.05) is 16.1 Å². The highest BCUT2D eigenvalue weighted by atomic mass is 35.7. The van der Waals surface area contributed by atoms with Crippen molar-refractivity contribution in [3.05, 3.63) is 47.1 Å². The summed E-state index contributed by atoms with van der Waals surface area (Å²) < 4.78 is 33.6. The monoisotopic (exact) mass is 234 g/mol. The van der Waals surface area contributed by atoms with Crippen LogP contribution in [0.3, 0.4) is 0 Å². The van der Waals surface area contributed by atoms with Crippen molar-refractivity contribution in [2.24, 2.45) is 0 Å². The van der Waals surface area contributed by atoms with Crippen LogP contribution in [-0.4, -0.2) is 8.42 Å². The van der Waals surface area contributed by atoms with Crippen LogP contribution in [0.1, 0.15) is 5.56 Å². The van der Waals surface area contributed by atoms with E-state index in [0.29, 0.717) is 12.0 Å². The average Bonchev–Trinajstić information content (AvgIpc) is 2.01. The Labute approximate surface area is 86.4 Å². The third-order valence-corrected chi connectivity index (χ3v) is 2.33. The van der Waals surface area contributed by atoms with E-state index < -0.39 is 9.05 Å². The Balaban J connectivity index is 2.67. The predicted molar refractivity (Wildman–Crippen MR) is 54.0 cm³/mol. The van der Waals surface area contributed by atoms with Gasteiger partial charge in [-0.05, 0) is 24.1 Å². The Kier molecular flexibility index (Phi) is 3.66. The van der Waals surface area contributed by atoms with Gasteiger partial charge in [-0.25, -0.2) is 12.8 Å². The summed E-state index contributed by atoms with van der Waals surface area (Å²) in [5, 5.41) is 0.888. The summed E-state index contributed by atoms with van der Waals surface area (Å²) >= 11 is 0. The third kappa shape index (κ3) is 4.39. The van der Waals surface area contributed by atoms with E-state index in [0.717, 1.165) is 5.41 Å². The van der Waals surface area contributed by atoms with Gasteiger partial charge in [-0.2, -0.15) is 0 Å². The van der Waals surface area contributed by atoms with Crippen LogP contribution in [-0.2, 0) is 15.5 Å². The molecule has 0 aliphatic carbocycles. The van der Waals surface area contributed by atoms with Gasteiger partial charge in [0.1, 0.15) is 5.82 Å². The number of halogens is 2. The summed E-state index contributed by atoms with van der Waals surface area (Å²) in [7, 11) is 1.34. The molecular weight excluding hydrogens is 227 g/mol. The Morgan fingerprint density at radius 3 is 2.71 bits per heavy atom. The zero-order valence-electron chi connectivity index (χ0n) is 7.15. The predicted octanol–water partition coefficient (Wildman–Crippen LogP) is 2.45. The summed E-state index contributed by atoms with van der Waals surface area (Å²) in [5.41, 5.74) is 0.696. The minimum Gasteiger partial charge on any atom is -0.208 e. The molecule has 1 rings (SSSR count). The molecule has 0 saturated carbocycles. The summed E-state index contributed by atoms with van der Waals surface area (Å²) in [6.45, 7) is 0. The van der Waals surface area contributed by atoms with Crippen molar-refractivity contribution in [1.82, 2.24) is 0 Å². The SMILES string of the molecule is O=S(=O)(Cl)/C=C\Cc1cccc(F)c1. The largest absolute Gasteiger partial charge is 0.254 e. The van der Waals surface area contributed by atoms with Crippen LogP contribution in [0, 0.1) is 5.82 Å². The lowest BCUT2D eigenvalue weighted by Crippen LogP contribution is -1.84. The highest BCUT2D eigenvalue weighted by molar-refractivity contribution is 8.16. The van der Waals surface area contributed by atoms with E-state index in [-0.39, 0.29) is 5.82 Å². The zero-order valence-corrected chi connectivity index (χ0v) is 8.72. The van der Waals surface area contributed by atoms with Crippen molar-refractivity contribution < 1.29 is 12.8 Å². The standard InChI is InChI=1S/C9H8ClFO2S/c10-14(12,13)6-2-4-8-3-1-5-9(11)7-8/h1-3,5-7H,4H2/b6-2-. The smallest absolute Gasteiger partial charge is 0.208 e. The molecule has 1 aromatic rings. The minimum atomic E-state index is -3.61. The third-order valence-electron chi connectivity index (χ3n) is 1.50. The molecule has 0 aliphatic rings. The highest BCUT2D eigenvalue weighted by Crippen LogP contribution is 2.06.